The van der Waals surface area contributed by atoms with Crippen LogP contribution in [0.4, 0.5) is 0 Å². The minimum Gasteiger partial charge on any atom is -0.357 e. The second kappa shape index (κ2) is 10.6. The highest BCUT2D eigenvalue weighted by Gasteiger charge is 2.22. The van der Waals surface area contributed by atoms with Crippen LogP contribution in [0.2, 0.25) is 0 Å². The molecule has 0 spiro atoms. The van der Waals surface area contributed by atoms with Gasteiger partial charge in [0.15, 0.2) is 11.8 Å². The van der Waals surface area contributed by atoms with Crippen LogP contribution < -0.4 is 10.6 Å². The first kappa shape index (κ1) is 21.7. The Hall–Kier alpha value is -1.64. The number of hydrogen-bond acceptors (Lipinski definition) is 3. The van der Waals surface area contributed by atoms with Gasteiger partial charge in [-0.25, -0.2) is 14.7 Å². The molecule has 0 amide bonds. The van der Waals surface area contributed by atoms with Gasteiger partial charge < -0.3 is 10.6 Å². The number of aryl methyl sites for hydroxylation is 3. The molecule has 3 rings (SSSR count). The van der Waals surface area contributed by atoms with Crippen molar-refractivity contribution in [1.82, 2.24) is 25.4 Å². The van der Waals surface area contributed by atoms with Crippen LogP contribution in [0, 0.1) is 0 Å². The smallest absolute Gasteiger partial charge is 0.191 e. The maximum Gasteiger partial charge on any atom is 0.191 e. The molecule has 148 valence electrons. The fourth-order valence-electron chi connectivity index (χ4n) is 3.36. The van der Waals surface area contributed by atoms with E-state index in [1.165, 1.54) is 11.1 Å². The van der Waals surface area contributed by atoms with Crippen molar-refractivity contribution in [2.75, 3.05) is 6.54 Å². The number of fused-ring (bicyclic) bond motifs is 1. The molecule has 0 saturated heterocycles. The summed E-state index contributed by atoms with van der Waals surface area (Å²) in [5.41, 5.74) is 2.66. The summed E-state index contributed by atoms with van der Waals surface area (Å²) in [6.45, 7) is 8.78. The first-order valence-corrected chi connectivity index (χ1v) is 9.77. The summed E-state index contributed by atoms with van der Waals surface area (Å²) in [4.78, 5) is 9.41. The molecular weight excluding hydrogens is 451 g/mol. The third-order valence-corrected chi connectivity index (χ3v) is 4.81. The average Bonchev–Trinajstić information content (AvgIpc) is 3.09. The Morgan fingerprint density at radius 1 is 1.19 bits per heavy atom. The van der Waals surface area contributed by atoms with Gasteiger partial charge in [0.25, 0.3) is 0 Å². The Kier molecular flexibility index (Phi) is 8.53. The third kappa shape index (κ3) is 5.67. The number of rotatable bonds is 6. The van der Waals surface area contributed by atoms with Crippen molar-refractivity contribution in [3.8, 4) is 0 Å². The monoisotopic (exact) mass is 482 g/mol. The van der Waals surface area contributed by atoms with E-state index >= 15 is 0 Å². The number of benzene rings is 1. The molecule has 0 aliphatic carbocycles. The van der Waals surface area contributed by atoms with Gasteiger partial charge in [-0.1, -0.05) is 38.1 Å². The number of aliphatic imine (C=N–C) groups is 1. The Morgan fingerprint density at radius 3 is 2.67 bits per heavy atom. The fourth-order valence-corrected chi connectivity index (χ4v) is 3.36. The van der Waals surface area contributed by atoms with Gasteiger partial charge in [0.05, 0.1) is 13.1 Å². The lowest BCUT2D eigenvalue weighted by Crippen LogP contribution is -2.47. The summed E-state index contributed by atoms with van der Waals surface area (Å²) < 4.78 is 2.05. The normalized spacial score (nSPS) is 16.4. The zero-order valence-electron chi connectivity index (χ0n) is 16.5. The topological polar surface area (TPSA) is 67.1 Å². The summed E-state index contributed by atoms with van der Waals surface area (Å²) in [7, 11) is 0. The summed E-state index contributed by atoms with van der Waals surface area (Å²) in [5.74, 6) is 2.93. The molecule has 1 aromatic carbocycles. The Bertz CT molecular complexity index is 755. The first-order valence-electron chi connectivity index (χ1n) is 9.77. The second-order valence-corrected chi connectivity index (χ2v) is 6.68. The number of halogens is 1. The van der Waals surface area contributed by atoms with Crippen molar-refractivity contribution in [3.63, 3.8) is 0 Å². The summed E-state index contributed by atoms with van der Waals surface area (Å²) in [6.07, 6.45) is 3.94. The van der Waals surface area contributed by atoms with Gasteiger partial charge in [-0.15, -0.1) is 24.0 Å². The van der Waals surface area contributed by atoms with E-state index < -0.39 is 0 Å². The van der Waals surface area contributed by atoms with E-state index in [1.807, 2.05) is 0 Å². The van der Waals surface area contributed by atoms with Gasteiger partial charge in [0.1, 0.15) is 5.82 Å². The van der Waals surface area contributed by atoms with Crippen LogP contribution in [0.3, 0.4) is 0 Å². The van der Waals surface area contributed by atoms with Crippen molar-refractivity contribution in [3.05, 3.63) is 47.0 Å². The highest BCUT2D eigenvalue weighted by Crippen LogP contribution is 2.14. The van der Waals surface area contributed by atoms with Crippen LogP contribution in [-0.2, 0) is 32.4 Å². The average molecular weight is 482 g/mol. The second-order valence-electron chi connectivity index (χ2n) is 6.68. The maximum atomic E-state index is 4.81. The summed E-state index contributed by atoms with van der Waals surface area (Å²) >= 11 is 0. The van der Waals surface area contributed by atoms with Crippen LogP contribution in [0.5, 0.6) is 0 Å². The van der Waals surface area contributed by atoms with Crippen molar-refractivity contribution >= 4 is 29.9 Å². The third-order valence-electron chi connectivity index (χ3n) is 4.81. The molecule has 1 aromatic heterocycles. The van der Waals surface area contributed by atoms with Gasteiger partial charge in [-0.3, -0.25) is 0 Å². The Labute approximate surface area is 179 Å². The summed E-state index contributed by atoms with van der Waals surface area (Å²) in [5, 5.41) is 11.5. The number of nitrogens with one attached hydrogen (secondary N) is 2. The lowest BCUT2D eigenvalue weighted by Gasteiger charge is -2.25. The lowest BCUT2D eigenvalue weighted by molar-refractivity contribution is 0.392. The Morgan fingerprint density at radius 2 is 1.96 bits per heavy atom. The molecule has 1 aliphatic heterocycles. The molecular formula is C20H31IN6. The fraction of sp³-hybridized carbons (Fsp3) is 0.550. The molecule has 2 N–H and O–H groups in total. The van der Waals surface area contributed by atoms with E-state index in [9.17, 15) is 0 Å². The highest BCUT2D eigenvalue weighted by atomic mass is 127. The molecule has 6 nitrogen and oxygen atoms in total. The lowest BCUT2D eigenvalue weighted by atomic mass is 10.1. The molecule has 0 saturated carbocycles. The number of nitrogens with zero attached hydrogens (tertiary/aromatic N) is 4. The predicted octanol–water partition coefficient (Wildman–Crippen LogP) is 3.09. The predicted molar refractivity (Wildman–Crippen MR) is 121 cm³/mol. The van der Waals surface area contributed by atoms with Crippen molar-refractivity contribution in [2.45, 2.75) is 65.6 Å². The minimum absolute atomic E-state index is 0. The standard InChI is InChI=1S/C20H30N6.HI/c1-4-15-9-7-8-10-16(15)13-22-20(21-6-3)23-17-11-12-19-24-18(5-2)25-26(19)14-17;/h7-10,17H,4-6,11-14H2,1-3H3,(H2,21,22,23);1H. The van der Waals surface area contributed by atoms with E-state index in [4.69, 9.17) is 4.99 Å². The molecule has 1 unspecified atom stereocenters. The van der Waals surface area contributed by atoms with Gasteiger partial charge in [-0.2, -0.15) is 5.10 Å². The molecule has 2 heterocycles. The molecule has 27 heavy (non-hydrogen) atoms. The van der Waals surface area contributed by atoms with Gasteiger partial charge >= 0.3 is 0 Å². The molecule has 2 aromatic rings. The number of guanidine groups is 1. The van der Waals surface area contributed by atoms with Crippen LogP contribution >= 0.6 is 24.0 Å². The van der Waals surface area contributed by atoms with Crippen LogP contribution in [0.15, 0.2) is 29.3 Å². The van der Waals surface area contributed by atoms with Gasteiger partial charge in [-0.05, 0) is 30.9 Å². The molecule has 0 bridgehead atoms. The van der Waals surface area contributed by atoms with Crippen molar-refractivity contribution < 1.29 is 0 Å². The minimum atomic E-state index is 0. The van der Waals surface area contributed by atoms with Crippen LogP contribution in [-0.4, -0.2) is 33.3 Å². The molecule has 7 heteroatoms. The van der Waals surface area contributed by atoms with Gasteiger partial charge in [0, 0.05) is 25.4 Å². The van der Waals surface area contributed by atoms with Crippen molar-refractivity contribution in [2.24, 2.45) is 4.99 Å². The Balaban J connectivity index is 0.00000261. The van der Waals surface area contributed by atoms with Crippen LogP contribution in [0.25, 0.3) is 0 Å². The number of aromatic nitrogens is 3. The maximum absolute atomic E-state index is 4.81. The van der Waals surface area contributed by atoms with Crippen molar-refractivity contribution in [1.29, 1.82) is 0 Å². The quantitative estimate of drug-likeness (QED) is 0.378. The zero-order valence-corrected chi connectivity index (χ0v) is 18.9. The molecule has 0 radical (unpaired) electrons. The first-order chi connectivity index (χ1) is 12.7. The molecule has 0 fully saturated rings. The van der Waals surface area contributed by atoms with E-state index in [0.717, 1.165) is 56.4 Å². The van der Waals surface area contributed by atoms with Gasteiger partial charge in [0.2, 0.25) is 0 Å². The number of hydrogen-bond donors (Lipinski definition) is 2. The zero-order chi connectivity index (χ0) is 18.4. The summed E-state index contributed by atoms with van der Waals surface area (Å²) in [6, 6.07) is 8.86. The van der Waals surface area contributed by atoms with E-state index in [2.05, 4.69) is 70.4 Å². The van der Waals surface area contributed by atoms with E-state index in [1.54, 1.807) is 0 Å². The molecule has 1 atom stereocenters. The van der Waals surface area contributed by atoms with E-state index in [0.29, 0.717) is 12.6 Å². The van der Waals surface area contributed by atoms with Crippen LogP contribution in [0.1, 0.15) is 50.0 Å². The SMILES string of the molecule is CCNC(=NCc1ccccc1CC)NC1CCc2nc(CC)nn2C1.I. The highest BCUT2D eigenvalue weighted by molar-refractivity contribution is 14.0. The van der Waals surface area contributed by atoms with E-state index in [-0.39, 0.29) is 24.0 Å². The molecule has 1 aliphatic rings. The largest absolute Gasteiger partial charge is 0.357 e.